The molecule has 1 amide bonds. The predicted molar refractivity (Wildman–Crippen MR) is 99.8 cm³/mol. The number of nitrogens with zero attached hydrogens (tertiary/aromatic N) is 2. The fraction of sp³-hybridized carbons (Fsp3) is 0.444. The zero-order chi connectivity index (χ0) is 18.7. The summed E-state index contributed by atoms with van der Waals surface area (Å²) in [6.07, 6.45) is 3.46. The number of hydrogen-bond acceptors (Lipinski definition) is 5. The van der Waals surface area contributed by atoms with E-state index in [1.54, 1.807) is 12.1 Å². The Bertz CT molecular complexity index is 957. The lowest BCUT2D eigenvalue weighted by atomic mass is 10.1. The Morgan fingerprint density at radius 1 is 1.23 bits per heavy atom. The van der Waals surface area contributed by atoms with Gasteiger partial charge >= 0.3 is 5.97 Å². The molecule has 1 aromatic heterocycles. The van der Waals surface area contributed by atoms with Crippen molar-refractivity contribution in [3.05, 3.63) is 38.9 Å². The molecule has 1 fully saturated rings. The highest BCUT2D eigenvalue weighted by Gasteiger charge is 2.17. The number of carbonyl (C=O) groups excluding carboxylic acids is 2. The number of H-pyrrole nitrogens is 1. The van der Waals surface area contributed by atoms with Crippen LogP contribution in [0.4, 0.5) is 0 Å². The van der Waals surface area contributed by atoms with Crippen LogP contribution in [0.2, 0.25) is 0 Å². The summed E-state index contributed by atoms with van der Waals surface area (Å²) in [7, 11) is 1.30. The van der Waals surface area contributed by atoms with Gasteiger partial charge in [-0.3, -0.25) is 14.2 Å². The monoisotopic (exact) mass is 375 g/mol. The van der Waals surface area contributed by atoms with E-state index < -0.39 is 5.97 Å². The largest absolute Gasteiger partial charge is 0.465 e. The summed E-state index contributed by atoms with van der Waals surface area (Å²) < 4.78 is 6.32. The standard InChI is InChI=1S/C18H21N3O4S/c1-25-17(24)12-5-6-13-14(11-12)19-18(26)21(16(13)23)10-7-15(22)20-8-3-2-4-9-20/h5-6,11H,2-4,7-10H2,1H3,(H,19,26). The molecule has 0 aliphatic carbocycles. The van der Waals surface area contributed by atoms with Crippen LogP contribution in [-0.2, 0) is 16.1 Å². The van der Waals surface area contributed by atoms with Crippen LogP contribution in [0.5, 0.6) is 0 Å². The zero-order valence-corrected chi connectivity index (χ0v) is 15.4. The lowest BCUT2D eigenvalue weighted by Crippen LogP contribution is -2.36. The van der Waals surface area contributed by atoms with Crippen LogP contribution < -0.4 is 5.56 Å². The number of hydrogen-bond donors (Lipinski definition) is 1. The Balaban J connectivity index is 1.85. The van der Waals surface area contributed by atoms with Crippen molar-refractivity contribution in [2.24, 2.45) is 0 Å². The van der Waals surface area contributed by atoms with Gasteiger partial charge in [0, 0.05) is 26.1 Å². The molecule has 1 N–H and O–H groups in total. The number of piperidine rings is 1. The van der Waals surface area contributed by atoms with Crippen LogP contribution in [0.25, 0.3) is 10.9 Å². The molecule has 0 bridgehead atoms. The fourth-order valence-corrected chi connectivity index (χ4v) is 3.50. The van der Waals surface area contributed by atoms with Crippen molar-refractivity contribution in [1.29, 1.82) is 0 Å². The molecule has 0 atom stereocenters. The van der Waals surface area contributed by atoms with Gasteiger partial charge < -0.3 is 14.6 Å². The van der Waals surface area contributed by atoms with Gasteiger partial charge in [-0.1, -0.05) is 0 Å². The molecule has 8 heteroatoms. The highest BCUT2D eigenvalue weighted by Crippen LogP contribution is 2.13. The number of benzene rings is 1. The van der Waals surface area contributed by atoms with Gasteiger partial charge in [-0.15, -0.1) is 0 Å². The molecule has 0 unspecified atom stereocenters. The van der Waals surface area contributed by atoms with Crippen LogP contribution >= 0.6 is 12.2 Å². The first-order valence-corrected chi connectivity index (χ1v) is 9.05. The van der Waals surface area contributed by atoms with E-state index in [4.69, 9.17) is 12.2 Å². The van der Waals surface area contributed by atoms with E-state index in [2.05, 4.69) is 9.72 Å². The number of amides is 1. The summed E-state index contributed by atoms with van der Waals surface area (Å²) in [5.41, 5.74) is 0.538. The van der Waals surface area contributed by atoms with E-state index in [-0.39, 0.29) is 29.2 Å². The minimum Gasteiger partial charge on any atom is -0.465 e. The van der Waals surface area contributed by atoms with E-state index in [9.17, 15) is 14.4 Å². The summed E-state index contributed by atoms with van der Waals surface area (Å²) in [5.74, 6) is -0.435. The number of esters is 1. The Labute approximate surface area is 155 Å². The fourth-order valence-electron chi connectivity index (χ4n) is 3.21. The molecule has 26 heavy (non-hydrogen) atoms. The van der Waals surface area contributed by atoms with Crippen LogP contribution in [0.1, 0.15) is 36.0 Å². The van der Waals surface area contributed by atoms with Crippen LogP contribution in [-0.4, -0.2) is 46.5 Å². The number of ether oxygens (including phenoxy) is 1. The minimum absolute atomic E-state index is 0.0483. The van der Waals surface area contributed by atoms with Crippen molar-refractivity contribution in [3.8, 4) is 0 Å². The predicted octanol–water partition coefficient (Wildman–Crippen LogP) is 2.25. The van der Waals surface area contributed by atoms with E-state index in [1.807, 2.05) is 4.90 Å². The second kappa shape index (κ2) is 7.82. The third kappa shape index (κ3) is 3.70. The molecule has 0 radical (unpaired) electrons. The molecule has 2 aromatic rings. The highest BCUT2D eigenvalue weighted by atomic mass is 32.1. The molecule has 1 aromatic carbocycles. The number of aromatic amines is 1. The lowest BCUT2D eigenvalue weighted by Gasteiger charge is -2.26. The average Bonchev–Trinajstić information content (AvgIpc) is 2.67. The van der Waals surface area contributed by atoms with Gasteiger partial charge in [-0.25, -0.2) is 4.79 Å². The van der Waals surface area contributed by atoms with Gasteiger partial charge in [0.25, 0.3) is 5.56 Å². The average molecular weight is 375 g/mol. The first kappa shape index (κ1) is 18.3. The normalized spacial score (nSPS) is 14.4. The molecule has 1 aliphatic heterocycles. The first-order chi connectivity index (χ1) is 12.5. The van der Waals surface area contributed by atoms with Crippen LogP contribution in [0.15, 0.2) is 23.0 Å². The van der Waals surface area contributed by atoms with Crippen molar-refractivity contribution in [2.45, 2.75) is 32.2 Å². The van der Waals surface area contributed by atoms with Gasteiger partial charge in [0.2, 0.25) is 5.91 Å². The molecular formula is C18H21N3O4S. The lowest BCUT2D eigenvalue weighted by molar-refractivity contribution is -0.132. The molecule has 3 rings (SSSR count). The third-order valence-corrected chi connectivity index (χ3v) is 4.98. The molecule has 2 heterocycles. The minimum atomic E-state index is -0.484. The van der Waals surface area contributed by atoms with Crippen molar-refractivity contribution < 1.29 is 14.3 Å². The molecule has 0 spiro atoms. The SMILES string of the molecule is COC(=O)c1ccc2c(=O)n(CCC(=O)N3CCCCC3)c(=S)[nH]c2c1. The Morgan fingerprint density at radius 3 is 2.65 bits per heavy atom. The van der Waals surface area contributed by atoms with Gasteiger partial charge in [-0.2, -0.15) is 0 Å². The van der Waals surface area contributed by atoms with Gasteiger partial charge in [0.15, 0.2) is 4.77 Å². The molecule has 1 aliphatic rings. The van der Waals surface area contributed by atoms with Crippen molar-refractivity contribution in [3.63, 3.8) is 0 Å². The summed E-state index contributed by atoms with van der Waals surface area (Å²) >= 11 is 5.28. The Hall–Kier alpha value is -2.48. The van der Waals surface area contributed by atoms with Crippen molar-refractivity contribution >= 4 is 35.0 Å². The molecule has 138 valence electrons. The molecular weight excluding hydrogens is 354 g/mol. The van der Waals surface area contributed by atoms with Gasteiger partial charge in [0.05, 0.1) is 23.6 Å². The maximum Gasteiger partial charge on any atom is 0.337 e. The Kier molecular flexibility index (Phi) is 5.51. The highest BCUT2D eigenvalue weighted by molar-refractivity contribution is 7.71. The van der Waals surface area contributed by atoms with E-state index >= 15 is 0 Å². The summed E-state index contributed by atoms with van der Waals surface area (Å²) in [6.45, 7) is 1.81. The number of methoxy groups -OCH3 is 1. The van der Waals surface area contributed by atoms with Crippen molar-refractivity contribution in [2.75, 3.05) is 20.2 Å². The number of carbonyl (C=O) groups is 2. The van der Waals surface area contributed by atoms with E-state index in [0.717, 1.165) is 32.4 Å². The molecule has 1 saturated heterocycles. The smallest absolute Gasteiger partial charge is 0.337 e. The van der Waals surface area contributed by atoms with E-state index in [1.165, 1.54) is 17.7 Å². The maximum absolute atomic E-state index is 12.7. The topological polar surface area (TPSA) is 84.4 Å². The zero-order valence-electron chi connectivity index (χ0n) is 14.6. The Morgan fingerprint density at radius 2 is 1.96 bits per heavy atom. The number of rotatable bonds is 4. The summed E-state index contributed by atoms with van der Waals surface area (Å²) in [4.78, 5) is 41.5. The second-order valence-corrected chi connectivity index (χ2v) is 6.72. The van der Waals surface area contributed by atoms with Gasteiger partial charge in [0.1, 0.15) is 0 Å². The van der Waals surface area contributed by atoms with Gasteiger partial charge in [-0.05, 0) is 49.7 Å². The second-order valence-electron chi connectivity index (χ2n) is 6.33. The third-order valence-electron chi connectivity index (χ3n) is 4.66. The van der Waals surface area contributed by atoms with Crippen LogP contribution in [0, 0.1) is 4.77 Å². The quantitative estimate of drug-likeness (QED) is 0.654. The number of nitrogens with one attached hydrogen (secondary N) is 1. The molecule has 0 saturated carbocycles. The number of fused-ring (bicyclic) bond motifs is 1. The number of likely N-dealkylation sites (tertiary alicyclic amines) is 1. The molecule has 7 nitrogen and oxygen atoms in total. The number of aromatic nitrogens is 2. The summed E-state index contributed by atoms with van der Waals surface area (Å²) in [5, 5.41) is 0.414. The van der Waals surface area contributed by atoms with Crippen molar-refractivity contribution in [1.82, 2.24) is 14.5 Å². The van der Waals surface area contributed by atoms with Crippen LogP contribution in [0.3, 0.4) is 0 Å². The van der Waals surface area contributed by atoms with E-state index in [0.29, 0.717) is 16.5 Å². The summed E-state index contributed by atoms with van der Waals surface area (Å²) in [6, 6.07) is 4.65. The first-order valence-electron chi connectivity index (χ1n) is 8.64. The maximum atomic E-state index is 12.7.